The van der Waals surface area contributed by atoms with Crippen LogP contribution >= 0.6 is 0 Å². The van der Waals surface area contributed by atoms with Gasteiger partial charge in [0.1, 0.15) is 0 Å². The molecule has 0 saturated carbocycles. The molecular formula is C15H24N2O2S. The van der Waals surface area contributed by atoms with Gasteiger partial charge in [-0.15, -0.1) is 0 Å². The van der Waals surface area contributed by atoms with E-state index in [1.165, 1.54) is 23.8 Å². The van der Waals surface area contributed by atoms with Crippen molar-refractivity contribution < 1.29 is 8.42 Å². The number of rotatable bonds is 5. The molecule has 1 aliphatic rings. The topological polar surface area (TPSA) is 58.2 Å². The second-order valence-corrected chi connectivity index (χ2v) is 8.03. The highest BCUT2D eigenvalue weighted by molar-refractivity contribution is 7.88. The van der Waals surface area contributed by atoms with Gasteiger partial charge in [-0.2, -0.15) is 0 Å². The maximum atomic E-state index is 11.4. The summed E-state index contributed by atoms with van der Waals surface area (Å²) in [4.78, 5) is 0. The van der Waals surface area contributed by atoms with E-state index in [0.29, 0.717) is 12.6 Å². The smallest absolute Gasteiger partial charge is 0.209 e. The molecule has 0 aromatic heterocycles. The minimum atomic E-state index is -3.19. The Morgan fingerprint density at radius 3 is 2.70 bits per heavy atom. The Morgan fingerprint density at radius 2 is 2.00 bits per heavy atom. The average molecular weight is 296 g/mol. The number of sulfonamides is 1. The lowest BCUT2D eigenvalue weighted by atomic mass is 9.87. The fraction of sp³-hybridized carbons (Fsp3) is 0.600. The lowest BCUT2D eigenvalue weighted by Gasteiger charge is -2.31. The third kappa shape index (κ3) is 4.30. The highest BCUT2D eigenvalue weighted by Crippen LogP contribution is 2.29. The van der Waals surface area contributed by atoms with Crippen LogP contribution < -0.4 is 10.0 Å². The van der Waals surface area contributed by atoms with Crippen molar-refractivity contribution in [2.45, 2.75) is 44.7 Å². The van der Waals surface area contributed by atoms with Crippen molar-refractivity contribution in [2.24, 2.45) is 0 Å². The van der Waals surface area contributed by atoms with Gasteiger partial charge in [0.15, 0.2) is 0 Å². The van der Waals surface area contributed by atoms with Gasteiger partial charge in [-0.25, -0.2) is 13.1 Å². The molecule has 0 bridgehead atoms. The highest BCUT2D eigenvalue weighted by atomic mass is 32.2. The van der Waals surface area contributed by atoms with Crippen LogP contribution in [-0.4, -0.2) is 26.8 Å². The molecular weight excluding hydrogens is 272 g/mol. The third-order valence-electron chi connectivity index (χ3n) is 3.62. The van der Waals surface area contributed by atoms with Gasteiger partial charge in [0.25, 0.3) is 0 Å². The van der Waals surface area contributed by atoms with Crippen LogP contribution in [0, 0.1) is 0 Å². The van der Waals surface area contributed by atoms with E-state index in [9.17, 15) is 8.42 Å². The molecule has 1 atom stereocenters. The predicted molar refractivity (Wildman–Crippen MR) is 82.2 cm³/mol. The van der Waals surface area contributed by atoms with Gasteiger partial charge in [-0.3, -0.25) is 0 Å². The lowest BCUT2D eigenvalue weighted by molar-refractivity contribution is 0.370. The molecule has 0 fully saturated rings. The Bertz CT molecular complexity index is 567. The van der Waals surface area contributed by atoms with Gasteiger partial charge in [-0.05, 0) is 44.2 Å². The summed E-state index contributed by atoms with van der Waals surface area (Å²) in [5.74, 6) is 0. The second kappa shape index (κ2) is 5.84. The van der Waals surface area contributed by atoms with Crippen molar-refractivity contribution >= 4 is 10.0 Å². The molecule has 5 heteroatoms. The second-order valence-electron chi connectivity index (χ2n) is 6.28. The molecule has 1 aromatic carbocycles. The van der Waals surface area contributed by atoms with Crippen molar-refractivity contribution in [3.05, 3.63) is 35.4 Å². The summed E-state index contributed by atoms with van der Waals surface area (Å²) in [5, 5.41) is 3.51. The molecule has 2 N–H and O–H groups in total. The van der Waals surface area contributed by atoms with Gasteiger partial charge in [0, 0.05) is 18.1 Å². The Labute approximate surface area is 122 Å². The van der Waals surface area contributed by atoms with E-state index in [-0.39, 0.29) is 0 Å². The number of hydrogen-bond acceptors (Lipinski definition) is 3. The maximum absolute atomic E-state index is 11.4. The molecule has 0 aliphatic heterocycles. The maximum Gasteiger partial charge on any atom is 0.209 e. The Kier molecular flexibility index (Phi) is 4.52. The summed E-state index contributed by atoms with van der Waals surface area (Å²) in [7, 11) is -3.19. The van der Waals surface area contributed by atoms with Crippen LogP contribution in [0.4, 0.5) is 0 Å². The average Bonchev–Trinajstić information content (AvgIpc) is 2.33. The van der Waals surface area contributed by atoms with E-state index < -0.39 is 15.6 Å². The molecule has 0 saturated heterocycles. The van der Waals surface area contributed by atoms with Crippen LogP contribution in [0.2, 0.25) is 0 Å². The van der Waals surface area contributed by atoms with Crippen molar-refractivity contribution in [2.75, 3.05) is 12.8 Å². The molecule has 0 radical (unpaired) electrons. The van der Waals surface area contributed by atoms with E-state index in [1.54, 1.807) is 0 Å². The van der Waals surface area contributed by atoms with E-state index in [1.807, 2.05) is 13.8 Å². The van der Waals surface area contributed by atoms with Gasteiger partial charge in [-0.1, -0.05) is 24.3 Å². The summed E-state index contributed by atoms with van der Waals surface area (Å²) in [6.07, 6.45) is 4.62. The van der Waals surface area contributed by atoms with E-state index in [4.69, 9.17) is 0 Å². The molecule has 1 aliphatic carbocycles. The zero-order valence-corrected chi connectivity index (χ0v) is 13.3. The van der Waals surface area contributed by atoms with Crippen molar-refractivity contribution in [3.8, 4) is 0 Å². The van der Waals surface area contributed by atoms with Crippen LogP contribution in [0.5, 0.6) is 0 Å². The van der Waals surface area contributed by atoms with E-state index >= 15 is 0 Å². The number of hydrogen-bond donors (Lipinski definition) is 2. The van der Waals surface area contributed by atoms with E-state index in [0.717, 1.165) is 12.8 Å². The molecule has 0 amide bonds. The number of benzene rings is 1. The van der Waals surface area contributed by atoms with Gasteiger partial charge < -0.3 is 5.32 Å². The largest absolute Gasteiger partial charge is 0.308 e. The summed E-state index contributed by atoms with van der Waals surface area (Å²) in [6.45, 7) is 4.41. The minimum Gasteiger partial charge on any atom is -0.308 e. The lowest BCUT2D eigenvalue weighted by Crippen LogP contribution is -2.50. The molecule has 0 heterocycles. The Hall–Kier alpha value is -0.910. The zero-order chi connectivity index (χ0) is 14.8. The summed E-state index contributed by atoms with van der Waals surface area (Å²) < 4.78 is 25.4. The number of fused-ring (bicyclic) bond motifs is 1. The fourth-order valence-corrected chi connectivity index (χ4v) is 3.96. The van der Waals surface area contributed by atoms with Crippen LogP contribution in [0.25, 0.3) is 0 Å². The normalized spacial score (nSPS) is 19.6. The first kappa shape index (κ1) is 15.5. The standard InChI is InChI=1S/C15H24N2O2S/c1-15(2,17-20(3,18)19)11-16-14-10-6-8-12-7-4-5-9-13(12)14/h4-5,7,9,14,16-17H,6,8,10-11H2,1-3H3. The molecule has 0 spiro atoms. The van der Waals surface area contributed by atoms with Gasteiger partial charge in [0.2, 0.25) is 10.0 Å². The van der Waals surface area contributed by atoms with Crippen molar-refractivity contribution in [1.82, 2.24) is 10.0 Å². The molecule has 20 heavy (non-hydrogen) atoms. The monoisotopic (exact) mass is 296 g/mol. The predicted octanol–water partition coefficient (Wildman–Crippen LogP) is 1.98. The molecule has 4 nitrogen and oxygen atoms in total. The van der Waals surface area contributed by atoms with Crippen molar-refractivity contribution in [3.63, 3.8) is 0 Å². The Morgan fingerprint density at radius 1 is 1.30 bits per heavy atom. The first-order valence-electron chi connectivity index (χ1n) is 7.07. The summed E-state index contributed by atoms with van der Waals surface area (Å²) in [5.41, 5.74) is 2.28. The van der Waals surface area contributed by atoms with Crippen LogP contribution in [0.1, 0.15) is 43.9 Å². The number of nitrogens with one attached hydrogen (secondary N) is 2. The molecule has 2 rings (SSSR count). The van der Waals surface area contributed by atoms with Crippen LogP contribution in [0.15, 0.2) is 24.3 Å². The summed E-state index contributed by atoms with van der Waals surface area (Å²) >= 11 is 0. The first-order valence-corrected chi connectivity index (χ1v) is 8.96. The van der Waals surface area contributed by atoms with Crippen molar-refractivity contribution in [1.29, 1.82) is 0 Å². The first-order chi connectivity index (χ1) is 9.27. The summed E-state index contributed by atoms with van der Waals surface area (Å²) in [6, 6.07) is 8.82. The SMILES string of the molecule is CC(C)(CNC1CCCc2ccccc21)NS(C)(=O)=O. The minimum absolute atomic E-state index is 0.320. The fourth-order valence-electron chi connectivity index (χ4n) is 2.88. The molecule has 112 valence electrons. The third-order valence-corrected chi connectivity index (χ3v) is 4.54. The van der Waals surface area contributed by atoms with Gasteiger partial charge >= 0.3 is 0 Å². The van der Waals surface area contributed by atoms with Crippen LogP contribution in [0.3, 0.4) is 0 Å². The van der Waals surface area contributed by atoms with Crippen LogP contribution in [-0.2, 0) is 16.4 Å². The molecule has 1 unspecified atom stereocenters. The number of aryl methyl sites for hydroxylation is 1. The van der Waals surface area contributed by atoms with Gasteiger partial charge in [0.05, 0.1) is 6.26 Å². The molecule has 1 aromatic rings. The quantitative estimate of drug-likeness (QED) is 0.873. The Balaban J connectivity index is 2.02. The zero-order valence-electron chi connectivity index (χ0n) is 12.4. The van der Waals surface area contributed by atoms with E-state index in [2.05, 4.69) is 34.3 Å². The highest BCUT2D eigenvalue weighted by Gasteiger charge is 2.25.